The molecule has 3 aromatic rings. The minimum atomic E-state index is -3.18. The molecule has 0 aliphatic carbocycles. The maximum Gasteiger partial charge on any atom is 0.250 e. The molecule has 8 nitrogen and oxygen atoms in total. The third-order valence-electron chi connectivity index (χ3n) is 6.32. The van der Waals surface area contributed by atoms with E-state index in [-0.39, 0.29) is 11.7 Å². The van der Waals surface area contributed by atoms with Crippen molar-refractivity contribution in [1.82, 2.24) is 9.29 Å². The molecule has 34 heavy (non-hydrogen) atoms. The minimum Gasteiger partial charge on any atom is -0.491 e. The number of carbonyl (C=O) groups excluding carboxylic acids is 1. The molecule has 1 saturated heterocycles. The molecule has 0 radical (unpaired) electrons. The highest BCUT2D eigenvalue weighted by Crippen LogP contribution is 2.36. The average molecular weight is 486 g/mol. The lowest BCUT2D eigenvalue weighted by atomic mass is 9.89. The Morgan fingerprint density at radius 2 is 1.88 bits per heavy atom. The molecule has 2 aromatic carbocycles. The van der Waals surface area contributed by atoms with Crippen molar-refractivity contribution in [2.24, 2.45) is 5.73 Å². The standard InChI is InChI=1S/C25H31N3O5S/c1-2-34(30,31)28-10-8-19(9-11-28)23-16-27-24-21(23)14-20(15-22(24)25(26)29)33-13-12-32-17-18-6-4-3-5-7-18/h3-7,14-16,19,27H,2,8-13,17H2,1H3,(H2,26,29). The Balaban J connectivity index is 1.45. The molecule has 0 unspecified atom stereocenters. The number of H-pyrrole nitrogens is 1. The summed E-state index contributed by atoms with van der Waals surface area (Å²) in [5.74, 6) is 0.314. The number of nitrogens with one attached hydrogen (secondary N) is 1. The number of nitrogens with zero attached hydrogens (tertiary/aromatic N) is 1. The predicted molar refractivity (Wildman–Crippen MR) is 131 cm³/mol. The van der Waals surface area contributed by atoms with Crippen LogP contribution in [0.5, 0.6) is 5.75 Å². The van der Waals surface area contributed by atoms with Crippen LogP contribution in [0.2, 0.25) is 0 Å². The van der Waals surface area contributed by atoms with Crippen LogP contribution in [0.25, 0.3) is 10.9 Å². The summed E-state index contributed by atoms with van der Waals surface area (Å²) in [5.41, 5.74) is 8.84. The Labute approximate surface area is 200 Å². The molecule has 0 saturated carbocycles. The van der Waals surface area contributed by atoms with Gasteiger partial charge >= 0.3 is 0 Å². The molecular weight excluding hydrogens is 454 g/mol. The van der Waals surface area contributed by atoms with Crippen LogP contribution in [-0.2, 0) is 21.4 Å². The van der Waals surface area contributed by atoms with Crippen molar-refractivity contribution in [3.05, 3.63) is 65.4 Å². The topological polar surface area (TPSA) is 115 Å². The Morgan fingerprint density at radius 1 is 1.15 bits per heavy atom. The summed E-state index contributed by atoms with van der Waals surface area (Å²) in [7, 11) is -3.18. The van der Waals surface area contributed by atoms with E-state index in [9.17, 15) is 13.2 Å². The second-order valence-corrected chi connectivity index (χ2v) is 10.7. The number of hydrogen-bond acceptors (Lipinski definition) is 5. The average Bonchev–Trinajstić information content (AvgIpc) is 3.28. The van der Waals surface area contributed by atoms with Gasteiger partial charge in [-0.15, -0.1) is 0 Å². The third kappa shape index (κ3) is 5.43. The van der Waals surface area contributed by atoms with Crippen molar-refractivity contribution in [2.45, 2.75) is 32.3 Å². The fraction of sp³-hybridized carbons (Fsp3) is 0.400. The summed E-state index contributed by atoms with van der Waals surface area (Å²) in [6.07, 6.45) is 3.34. The van der Waals surface area contributed by atoms with Gasteiger partial charge in [0, 0.05) is 24.7 Å². The van der Waals surface area contributed by atoms with Crippen LogP contribution >= 0.6 is 0 Å². The summed E-state index contributed by atoms with van der Waals surface area (Å²) in [6, 6.07) is 13.5. The van der Waals surface area contributed by atoms with Gasteiger partial charge in [-0.05, 0) is 48.9 Å². The first kappa shape index (κ1) is 24.3. The highest BCUT2D eigenvalue weighted by Gasteiger charge is 2.29. The van der Waals surface area contributed by atoms with Crippen molar-refractivity contribution in [2.75, 3.05) is 32.1 Å². The number of amides is 1. The summed E-state index contributed by atoms with van der Waals surface area (Å²) in [4.78, 5) is 15.3. The maximum absolute atomic E-state index is 12.2. The smallest absolute Gasteiger partial charge is 0.250 e. The van der Waals surface area contributed by atoms with Crippen LogP contribution in [0.15, 0.2) is 48.7 Å². The van der Waals surface area contributed by atoms with Crippen LogP contribution in [0, 0.1) is 0 Å². The van der Waals surface area contributed by atoms with Gasteiger partial charge in [0.15, 0.2) is 0 Å². The number of primary amides is 1. The molecule has 9 heteroatoms. The highest BCUT2D eigenvalue weighted by atomic mass is 32.2. The number of nitrogens with two attached hydrogens (primary N) is 1. The Bertz CT molecular complexity index is 1230. The summed E-state index contributed by atoms with van der Waals surface area (Å²) >= 11 is 0. The van der Waals surface area contributed by atoms with E-state index >= 15 is 0 Å². The van der Waals surface area contributed by atoms with Crippen molar-refractivity contribution in [3.63, 3.8) is 0 Å². The van der Waals surface area contributed by atoms with Gasteiger partial charge in [-0.25, -0.2) is 12.7 Å². The molecule has 1 amide bonds. The number of ether oxygens (including phenoxy) is 2. The van der Waals surface area contributed by atoms with E-state index in [2.05, 4.69) is 4.98 Å². The SMILES string of the molecule is CCS(=O)(=O)N1CCC(c2c[nH]c3c(C(N)=O)cc(OCCOCc4ccccc4)cc23)CC1. The number of piperidine rings is 1. The van der Waals surface area contributed by atoms with Gasteiger partial charge in [0.05, 0.1) is 30.0 Å². The number of rotatable bonds is 10. The second-order valence-electron chi connectivity index (χ2n) is 8.46. The predicted octanol–water partition coefficient (Wildman–Crippen LogP) is 3.39. The van der Waals surface area contributed by atoms with Crippen LogP contribution in [0.1, 0.15) is 47.2 Å². The molecule has 0 atom stereocenters. The molecule has 0 bridgehead atoms. The van der Waals surface area contributed by atoms with Crippen LogP contribution in [-0.4, -0.2) is 55.7 Å². The van der Waals surface area contributed by atoms with Gasteiger partial charge < -0.3 is 20.2 Å². The van der Waals surface area contributed by atoms with Gasteiger partial charge in [-0.2, -0.15) is 0 Å². The Morgan fingerprint density at radius 3 is 2.56 bits per heavy atom. The molecule has 1 fully saturated rings. The van der Waals surface area contributed by atoms with Gasteiger partial charge in [0.2, 0.25) is 10.0 Å². The van der Waals surface area contributed by atoms with E-state index in [1.54, 1.807) is 17.3 Å². The molecule has 1 aromatic heterocycles. The first-order valence-corrected chi connectivity index (χ1v) is 13.2. The van der Waals surface area contributed by atoms with E-state index in [0.717, 1.165) is 29.4 Å². The zero-order valence-electron chi connectivity index (χ0n) is 19.3. The quantitative estimate of drug-likeness (QED) is 0.427. The van der Waals surface area contributed by atoms with Crippen LogP contribution in [0.4, 0.5) is 0 Å². The van der Waals surface area contributed by atoms with Crippen LogP contribution in [0.3, 0.4) is 0 Å². The van der Waals surface area contributed by atoms with Gasteiger partial charge in [0.25, 0.3) is 5.91 Å². The summed E-state index contributed by atoms with van der Waals surface area (Å²) in [5, 5.41) is 0.883. The van der Waals surface area contributed by atoms with Crippen molar-refractivity contribution in [3.8, 4) is 5.75 Å². The fourth-order valence-electron chi connectivity index (χ4n) is 4.45. The third-order valence-corrected chi connectivity index (χ3v) is 8.20. The van der Waals surface area contributed by atoms with Gasteiger partial charge in [-0.1, -0.05) is 30.3 Å². The summed E-state index contributed by atoms with van der Waals surface area (Å²) < 4.78 is 37.5. The van der Waals surface area contributed by atoms with Crippen molar-refractivity contribution in [1.29, 1.82) is 0 Å². The second kappa shape index (κ2) is 10.6. The number of aromatic amines is 1. The zero-order valence-corrected chi connectivity index (χ0v) is 20.1. The number of sulfonamides is 1. The first-order chi connectivity index (χ1) is 16.4. The molecule has 2 heterocycles. The molecule has 1 aliphatic rings. The van der Waals surface area contributed by atoms with Crippen LogP contribution < -0.4 is 10.5 Å². The van der Waals surface area contributed by atoms with Crippen molar-refractivity contribution < 1.29 is 22.7 Å². The lowest BCUT2D eigenvalue weighted by molar-refractivity contribution is 0.0888. The van der Waals surface area contributed by atoms with E-state index in [0.29, 0.717) is 49.7 Å². The molecule has 182 valence electrons. The maximum atomic E-state index is 12.2. The zero-order chi connectivity index (χ0) is 24.1. The number of hydrogen-bond donors (Lipinski definition) is 2. The number of aromatic nitrogens is 1. The normalized spacial score (nSPS) is 15.6. The fourth-order valence-corrected chi connectivity index (χ4v) is 5.58. The van der Waals surface area contributed by atoms with Gasteiger partial charge in [0.1, 0.15) is 12.4 Å². The summed E-state index contributed by atoms with van der Waals surface area (Å²) in [6.45, 7) is 3.90. The highest BCUT2D eigenvalue weighted by molar-refractivity contribution is 7.89. The molecule has 4 rings (SSSR count). The molecular formula is C25H31N3O5S. The van der Waals surface area contributed by atoms with Crippen molar-refractivity contribution >= 4 is 26.8 Å². The minimum absolute atomic E-state index is 0.114. The van der Waals surface area contributed by atoms with E-state index in [1.165, 1.54) is 0 Å². The van der Waals surface area contributed by atoms with E-state index in [4.69, 9.17) is 15.2 Å². The molecule has 1 aliphatic heterocycles. The Kier molecular flexibility index (Phi) is 7.55. The number of benzene rings is 2. The van der Waals surface area contributed by atoms with E-state index < -0.39 is 15.9 Å². The monoisotopic (exact) mass is 485 g/mol. The first-order valence-electron chi connectivity index (χ1n) is 11.6. The lowest BCUT2D eigenvalue weighted by Crippen LogP contribution is -2.38. The molecule has 3 N–H and O–H groups in total. The lowest BCUT2D eigenvalue weighted by Gasteiger charge is -2.30. The number of carbonyl (C=O) groups is 1. The van der Waals surface area contributed by atoms with Gasteiger partial charge in [-0.3, -0.25) is 4.79 Å². The van der Waals surface area contributed by atoms with E-state index in [1.807, 2.05) is 42.6 Å². The largest absolute Gasteiger partial charge is 0.491 e. The molecule has 0 spiro atoms. The number of fused-ring (bicyclic) bond motifs is 1. The Hall–Kier alpha value is -2.88.